The Kier molecular flexibility index (Phi) is 3.79. The molecule has 0 unspecified atom stereocenters. The van der Waals surface area contributed by atoms with Crippen LogP contribution in [0.4, 0.5) is 5.69 Å². The lowest BCUT2D eigenvalue weighted by molar-refractivity contribution is -0.141. The van der Waals surface area contributed by atoms with Gasteiger partial charge in [0.25, 0.3) is 0 Å². The largest absolute Gasteiger partial charge is 0.465 e. The number of rotatable bonds is 3. The van der Waals surface area contributed by atoms with Crippen molar-refractivity contribution in [3.05, 3.63) is 28.2 Å². The fourth-order valence-corrected chi connectivity index (χ4v) is 2.21. The zero-order chi connectivity index (χ0) is 12.4. The monoisotopic (exact) mass is 273 g/mol. The molecule has 1 N–H and O–H groups in total. The van der Waals surface area contributed by atoms with Gasteiger partial charge in [-0.15, -0.1) is 0 Å². The van der Waals surface area contributed by atoms with Gasteiger partial charge in [-0.2, -0.15) is 0 Å². The summed E-state index contributed by atoms with van der Waals surface area (Å²) in [6, 6.07) is 5.33. The normalized spacial score (nSPS) is 21.1. The van der Waals surface area contributed by atoms with Crippen LogP contribution in [0, 0.1) is 5.92 Å². The van der Waals surface area contributed by atoms with Crippen molar-refractivity contribution in [2.45, 2.75) is 19.4 Å². The molecule has 1 aliphatic rings. The van der Waals surface area contributed by atoms with E-state index in [1.165, 1.54) is 0 Å². The minimum Gasteiger partial charge on any atom is -0.465 e. The van der Waals surface area contributed by atoms with Gasteiger partial charge in [0.1, 0.15) is 0 Å². The predicted octanol–water partition coefficient (Wildman–Crippen LogP) is 3.36. The maximum absolute atomic E-state index is 11.4. The van der Waals surface area contributed by atoms with E-state index in [1.54, 1.807) is 12.1 Å². The second-order valence-electron chi connectivity index (χ2n) is 4.12. The van der Waals surface area contributed by atoms with Crippen molar-refractivity contribution in [2.24, 2.45) is 5.92 Å². The third kappa shape index (κ3) is 2.85. The van der Waals surface area contributed by atoms with Crippen LogP contribution in [0.2, 0.25) is 10.0 Å². The fourth-order valence-electron chi connectivity index (χ4n) is 1.91. The highest BCUT2D eigenvalue weighted by Crippen LogP contribution is 2.27. The number of anilines is 1. The van der Waals surface area contributed by atoms with Crippen LogP contribution in [0.5, 0.6) is 0 Å². The van der Waals surface area contributed by atoms with Crippen LogP contribution in [-0.4, -0.2) is 18.6 Å². The zero-order valence-electron chi connectivity index (χ0n) is 9.37. The molecule has 0 amide bonds. The van der Waals surface area contributed by atoms with Gasteiger partial charge >= 0.3 is 5.97 Å². The Morgan fingerprint density at radius 1 is 1.41 bits per heavy atom. The van der Waals surface area contributed by atoms with Gasteiger partial charge in [-0.3, -0.25) is 4.79 Å². The zero-order valence-corrected chi connectivity index (χ0v) is 10.9. The summed E-state index contributed by atoms with van der Waals surface area (Å²) in [5.74, 6) is -0.227. The van der Waals surface area contributed by atoms with Crippen molar-refractivity contribution in [1.29, 1.82) is 0 Å². The molecule has 0 bridgehead atoms. The Hall–Kier alpha value is -0.930. The molecule has 1 heterocycles. The SMILES string of the molecule is C[C@@H](Nc1ccc(Cl)c(Cl)c1)[C@@H]1CCOC1=O. The molecule has 3 nitrogen and oxygen atoms in total. The number of nitrogens with one attached hydrogen (secondary N) is 1. The van der Waals surface area contributed by atoms with Crippen LogP contribution in [0.1, 0.15) is 13.3 Å². The first-order chi connectivity index (χ1) is 8.08. The van der Waals surface area contributed by atoms with Gasteiger partial charge in [0, 0.05) is 11.7 Å². The molecule has 5 heteroatoms. The molecule has 0 aromatic heterocycles. The van der Waals surface area contributed by atoms with Crippen LogP contribution in [0.15, 0.2) is 18.2 Å². The van der Waals surface area contributed by atoms with E-state index in [2.05, 4.69) is 5.32 Å². The van der Waals surface area contributed by atoms with E-state index in [9.17, 15) is 4.79 Å². The molecule has 92 valence electrons. The Morgan fingerprint density at radius 3 is 2.76 bits per heavy atom. The van der Waals surface area contributed by atoms with Crippen molar-refractivity contribution in [2.75, 3.05) is 11.9 Å². The van der Waals surface area contributed by atoms with Gasteiger partial charge in [-0.25, -0.2) is 0 Å². The van der Waals surface area contributed by atoms with Crippen molar-refractivity contribution >= 4 is 34.9 Å². The van der Waals surface area contributed by atoms with Crippen molar-refractivity contribution in [3.63, 3.8) is 0 Å². The number of hydrogen-bond acceptors (Lipinski definition) is 3. The molecular formula is C12H13Cl2NO2. The molecule has 0 saturated carbocycles. The van der Waals surface area contributed by atoms with Gasteiger partial charge < -0.3 is 10.1 Å². The number of carbonyl (C=O) groups excluding carboxylic acids is 1. The van der Waals surface area contributed by atoms with Gasteiger partial charge in [0.05, 0.1) is 22.6 Å². The molecule has 0 aliphatic carbocycles. The Bertz CT molecular complexity index is 437. The first-order valence-electron chi connectivity index (χ1n) is 5.46. The number of ether oxygens (including phenoxy) is 1. The quantitative estimate of drug-likeness (QED) is 0.859. The van der Waals surface area contributed by atoms with E-state index < -0.39 is 0 Å². The third-order valence-electron chi connectivity index (χ3n) is 2.89. The molecule has 1 aromatic carbocycles. The van der Waals surface area contributed by atoms with E-state index in [0.717, 1.165) is 12.1 Å². The average Bonchev–Trinajstić information content (AvgIpc) is 2.70. The third-order valence-corrected chi connectivity index (χ3v) is 3.63. The average molecular weight is 274 g/mol. The molecule has 1 fully saturated rings. The topological polar surface area (TPSA) is 38.3 Å². The number of esters is 1. The second kappa shape index (κ2) is 5.15. The van der Waals surface area contributed by atoms with Crippen LogP contribution < -0.4 is 5.32 Å². The van der Waals surface area contributed by atoms with Gasteiger partial charge in [0.15, 0.2) is 0 Å². The lowest BCUT2D eigenvalue weighted by Crippen LogP contribution is -2.29. The van der Waals surface area contributed by atoms with E-state index in [-0.39, 0.29) is 17.9 Å². The first kappa shape index (κ1) is 12.5. The fraction of sp³-hybridized carbons (Fsp3) is 0.417. The molecule has 2 rings (SSSR count). The van der Waals surface area contributed by atoms with Gasteiger partial charge in [-0.1, -0.05) is 23.2 Å². The maximum atomic E-state index is 11.4. The molecular weight excluding hydrogens is 261 g/mol. The number of carbonyl (C=O) groups is 1. The summed E-state index contributed by atoms with van der Waals surface area (Å²) in [6.07, 6.45) is 0.758. The van der Waals surface area contributed by atoms with Crippen molar-refractivity contribution < 1.29 is 9.53 Å². The van der Waals surface area contributed by atoms with E-state index in [1.807, 2.05) is 13.0 Å². The molecule has 1 aromatic rings. The summed E-state index contributed by atoms with van der Waals surface area (Å²) in [5, 5.41) is 4.26. The van der Waals surface area contributed by atoms with E-state index >= 15 is 0 Å². The van der Waals surface area contributed by atoms with Crippen molar-refractivity contribution in [1.82, 2.24) is 0 Å². The van der Waals surface area contributed by atoms with Crippen LogP contribution in [0.3, 0.4) is 0 Å². The number of cyclic esters (lactones) is 1. The highest BCUT2D eigenvalue weighted by molar-refractivity contribution is 6.42. The van der Waals surface area contributed by atoms with Crippen molar-refractivity contribution in [3.8, 4) is 0 Å². The predicted molar refractivity (Wildman–Crippen MR) is 68.6 cm³/mol. The summed E-state index contributed by atoms with van der Waals surface area (Å²) in [6.45, 7) is 2.47. The first-order valence-corrected chi connectivity index (χ1v) is 6.22. The smallest absolute Gasteiger partial charge is 0.311 e. The second-order valence-corrected chi connectivity index (χ2v) is 4.94. The standard InChI is InChI=1S/C12H13Cl2NO2/c1-7(9-4-5-17-12(9)16)15-8-2-3-10(13)11(14)6-8/h2-3,6-7,9,15H,4-5H2,1H3/t7-,9+/m1/s1. The molecule has 1 aliphatic heterocycles. The lowest BCUT2D eigenvalue weighted by atomic mass is 10.00. The van der Waals surface area contributed by atoms with E-state index in [0.29, 0.717) is 16.7 Å². The minimum absolute atomic E-state index is 0.0160. The van der Waals surface area contributed by atoms with Crippen LogP contribution in [0.25, 0.3) is 0 Å². The lowest BCUT2D eigenvalue weighted by Gasteiger charge is -2.19. The number of hydrogen-bond donors (Lipinski definition) is 1. The molecule has 0 radical (unpaired) electrons. The minimum atomic E-state index is -0.134. The van der Waals surface area contributed by atoms with Crippen LogP contribution >= 0.6 is 23.2 Å². The number of halogens is 2. The highest BCUT2D eigenvalue weighted by atomic mass is 35.5. The van der Waals surface area contributed by atoms with Crippen LogP contribution in [-0.2, 0) is 9.53 Å². The summed E-state index contributed by atoms with van der Waals surface area (Å²) in [5.41, 5.74) is 0.853. The number of benzene rings is 1. The molecule has 0 spiro atoms. The summed E-state index contributed by atoms with van der Waals surface area (Å²) < 4.78 is 4.94. The molecule has 2 atom stereocenters. The van der Waals surface area contributed by atoms with E-state index in [4.69, 9.17) is 27.9 Å². The Balaban J connectivity index is 2.04. The van der Waals surface area contributed by atoms with Gasteiger partial charge in [0.2, 0.25) is 0 Å². The highest BCUT2D eigenvalue weighted by Gasteiger charge is 2.31. The Labute approximate surface area is 110 Å². The summed E-state index contributed by atoms with van der Waals surface area (Å²) in [4.78, 5) is 11.4. The molecule has 1 saturated heterocycles. The summed E-state index contributed by atoms with van der Waals surface area (Å²) in [7, 11) is 0. The molecule has 17 heavy (non-hydrogen) atoms. The summed E-state index contributed by atoms with van der Waals surface area (Å²) >= 11 is 11.8. The van der Waals surface area contributed by atoms with Gasteiger partial charge in [-0.05, 0) is 31.5 Å². The Morgan fingerprint density at radius 2 is 2.18 bits per heavy atom. The maximum Gasteiger partial charge on any atom is 0.311 e.